The summed E-state index contributed by atoms with van der Waals surface area (Å²) in [5.41, 5.74) is 6.90. The Labute approximate surface area is 130 Å². The fourth-order valence-electron chi connectivity index (χ4n) is 1.88. The number of hydrogen-bond acceptors (Lipinski definition) is 3. The van der Waals surface area contributed by atoms with Crippen LogP contribution in [0, 0.1) is 0 Å². The molecule has 0 saturated heterocycles. The number of rotatable bonds is 4. The van der Waals surface area contributed by atoms with Gasteiger partial charge in [-0.25, -0.2) is 0 Å². The van der Waals surface area contributed by atoms with Gasteiger partial charge in [-0.15, -0.1) is 0 Å². The van der Waals surface area contributed by atoms with Crippen molar-refractivity contribution in [2.24, 2.45) is 10.9 Å². The third-order valence-corrected chi connectivity index (χ3v) is 3.40. The van der Waals surface area contributed by atoms with Crippen molar-refractivity contribution in [3.05, 3.63) is 70.2 Å². The van der Waals surface area contributed by atoms with Crippen LogP contribution in [-0.4, -0.2) is 17.0 Å². The molecular weight excluding hydrogens is 334 g/mol. The summed E-state index contributed by atoms with van der Waals surface area (Å²) in [7, 11) is 0. The third-order valence-electron chi connectivity index (χ3n) is 2.91. The summed E-state index contributed by atoms with van der Waals surface area (Å²) in [4.78, 5) is 12.3. The number of carbonyl (C=O) groups excluding carboxylic acids is 1. The lowest BCUT2D eigenvalue weighted by Crippen LogP contribution is -2.37. The Balaban J connectivity index is 2.26. The van der Waals surface area contributed by atoms with E-state index in [2.05, 4.69) is 26.4 Å². The van der Waals surface area contributed by atoms with E-state index in [-0.39, 0.29) is 11.7 Å². The van der Waals surface area contributed by atoms with Gasteiger partial charge in [0.25, 0.3) is 5.91 Å². The molecule has 0 fully saturated rings. The van der Waals surface area contributed by atoms with Gasteiger partial charge in [0.2, 0.25) is 0 Å². The van der Waals surface area contributed by atoms with Crippen LogP contribution >= 0.6 is 15.9 Å². The first-order chi connectivity index (χ1) is 10.1. The predicted octanol–water partition coefficient (Wildman–Crippen LogP) is 2.67. The molecule has 2 rings (SSSR count). The Kier molecular flexibility index (Phi) is 4.94. The topological polar surface area (TPSA) is 87.7 Å². The normalized spacial score (nSPS) is 12.7. The third kappa shape index (κ3) is 3.82. The van der Waals surface area contributed by atoms with Crippen molar-refractivity contribution >= 4 is 27.7 Å². The molecule has 108 valence electrons. The van der Waals surface area contributed by atoms with Crippen LogP contribution < -0.4 is 11.1 Å². The Morgan fingerprint density at radius 3 is 2.52 bits per heavy atom. The Morgan fingerprint density at radius 2 is 1.90 bits per heavy atom. The maximum Gasteiger partial charge on any atom is 0.252 e. The molecule has 0 bridgehead atoms. The molecular formula is C15H14BrN3O2. The standard InChI is InChI=1S/C15H14BrN3O2/c16-12-8-4-7-11(9-12)15(20)18-13(14(17)19-21)10-5-2-1-3-6-10/h1-9,13,21H,(H2,17,19)(H,18,20). The van der Waals surface area contributed by atoms with Crippen molar-refractivity contribution in [3.8, 4) is 0 Å². The fourth-order valence-corrected chi connectivity index (χ4v) is 2.27. The van der Waals surface area contributed by atoms with Crippen LogP contribution in [0.3, 0.4) is 0 Å². The first-order valence-corrected chi connectivity index (χ1v) is 7.00. The van der Waals surface area contributed by atoms with E-state index in [0.717, 1.165) is 10.0 Å². The molecule has 0 saturated carbocycles. The highest BCUT2D eigenvalue weighted by Gasteiger charge is 2.19. The molecule has 21 heavy (non-hydrogen) atoms. The molecule has 5 nitrogen and oxygen atoms in total. The molecule has 0 radical (unpaired) electrons. The van der Waals surface area contributed by atoms with Gasteiger partial charge >= 0.3 is 0 Å². The van der Waals surface area contributed by atoms with Crippen molar-refractivity contribution < 1.29 is 10.0 Å². The zero-order valence-corrected chi connectivity index (χ0v) is 12.6. The van der Waals surface area contributed by atoms with Gasteiger partial charge in [-0.3, -0.25) is 4.79 Å². The summed E-state index contributed by atoms with van der Waals surface area (Å²) >= 11 is 3.32. The second-order valence-corrected chi connectivity index (χ2v) is 5.27. The number of benzene rings is 2. The average molecular weight is 348 g/mol. The van der Waals surface area contributed by atoms with E-state index in [4.69, 9.17) is 10.9 Å². The van der Waals surface area contributed by atoms with Gasteiger partial charge in [0.15, 0.2) is 5.84 Å². The number of hydrogen-bond donors (Lipinski definition) is 3. The van der Waals surface area contributed by atoms with E-state index in [1.54, 1.807) is 30.3 Å². The lowest BCUT2D eigenvalue weighted by Gasteiger charge is -2.18. The van der Waals surface area contributed by atoms with Crippen molar-refractivity contribution in [2.45, 2.75) is 6.04 Å². The number of oxime groups is 1. The number of nitrogens with zero attached hydrogens (tertiary/aromatic N) is 1. The van der Waals surface area contributed by atoms with Gasteiger partial charge in [0, 0.05) is 10.0 Å². The second kappa shape index (κ2) is 6.90. The van der Waals surface area contributed by atoms with Crippen LogP contribution in [-0.2, 0) is 0 Å². The number of nitrogens with one attached hydrogen (secondary N) is 1. The molecule has 0 spiro atoms. The molecule has 0 aliphatic carbocycles. The Bertz CT molecular complexity index is 659. The average Bonchev–Trinajstić information content (AvgIpc) is 2.52. The lowest BCUT2D eigenvalue weighted by molar-refractivity contribution is 0.0946. The van der Waals surface area contributed by atoms with Crippen LogP contribution in [0.15, 0.2) is 64.2 Å². The Morgan fingerprint density at radius 1 is 1.19 bits per heavy atom. The van der Waals surface area contributed by atoms with Gasteiger partial charge in [0.1, 0.15) is 6.04 Å². The fraction of sp³-hybridized carbons (Fsp3) is 0.0667. The number of amides is 1. The highest BCUT2D eigenvalue weighted by atomic mass is 79.9. The van der Waals surface area contributed by atoms with Crippen molar-refractivity contribution in [1.29, 1.82) is 0 Å². The summed E-state index contributed by atoms with van der Waals surface area (Å²) < 4.78 is 0.801. The molecule has 0 aromatic heterocycles. The minimum Gasteiger partial charge on any atom is -0.409 e. The monoisotopic (exact) mass is 347 g/mol. The summed E-state index contributed by atoms with van der Waals surface area (Å²) in [5.74, 6) is -0.388. The van der Waals surface area contributed by atoms with E-state index in [0.29, 0.717) is 5.56 Å². The quantitative estimate of drug-likeness (QED) is 0.344. The molecule has 2 aromatic carbocycles. The van der Waals surface area contributed by atoms with Gasteiger partial charge in [-0.1, -0.05) is 57.5 Å². The maximum absolute atomic E-state index is 12.3. The summed E-state index contributed by atoms with van der Waals surface area (Å²) in [6, 6.07) is 15.4. The van der Waals surface area contributed by atoms with E-state index in [1.807, 2.05) is 24.3 Å². The molecule has 1 atom stereocenters. The van der Waals surface area contributed by atoms with Crippen LogP contribution in [0.5, 0.6) is 0 Å². The summed E-state index contributed by atoms with van der Waals surface area (Å²) in [5, 5.41) is 14.7. The SMILES string of the molecule is N/C(=N\O)C(NC(=O)c1cccc(Br)c1)c1ccccc1. The zero-order valence-electron chi connectivity index (χ0n) is 11.0. The maximum atomic E-state index is 12.3. The number of carbonyl (C=O) groups is 1. The molecule has 2 aromatic rings. The van der Waals surface area contributed by atoms with E-state index in [1.165, 1.54) is 0 Å². The summed E-state index contributed by atoms with van der Waals surface area (Å²) in [6.07, 6.45) is 0. The van der Waals surface area contributed by atoms with Crippen LogP contribution in [0.4, 0.5) is 0 Å². The van der Waals surface area contributed by atoms with Gasteiger partial charge in [-0.05, 0) is 23.8 Å². The van der Waals surface area contributed by atoms with E-state index < -0.39 is 6.04 Å². The minimum atomic E-state index is -0.692. The molecule has 6 heteroatoms. The van der Waals surface area contributed by atoms with Crippen LogP contribution in [0.1, 0.15) is 22.0 Å². The molecule has 0 heterocycles. The Hall–Kier alpha value is -2.34. The van der Waals surface area contributed by atoms with E-state index >= 15 is 0 Å². The zero-order chi connectivity index (χ0) is 15.2. The van der Waals surface area contributed by atoms with Gasteiger partial charge < -0.3 is 16.3 Å². The number of amidine groups is 1. The highest BCUT2D eigenvalue weighted by molar-refractivity contribution is 9.10. The molecule has 0 aliphatic rings. The minimum absolute atomic E-state index is 0.0791. The predicted molar refractivity (Wildman–Crippen MR) is 84.2 cm³/mol. The number of halogens is 1. The lowest BCUT2D eigenvalue weighted by atomic mass is 10.1. The van der Waals surface area contributed by atoms with E-state index in [9.17, 15) is 4.79 Å². The van der Waals surface area contributed by atoms with Crippen LogP contribution in [0.25, 0.3) is 0 Å². The second-order valence-electron chi connectivity index (χ2n) is 4.35. The van der Waals surface area contributed by atoms with Crippen molar-refractivity contribution in [1.82, 2.24) is 5.32 Å². The summed E-state index contributed by atoms with van der Waals surface area (Å²) in [6.45, 7) is 0. The first-order valence-electron chi connectivity index (χ1n) is 6.20. The molecule has 1 unspecified atom stereocenters. The smallest absolute Gasteiger partial charge is 0.252 e. The first kappa shape index (κ1) is 15.1. The molecule has 1 amide bonds. The van der Waals surface area contributed by atoms with Crippen LogP contribution in [0.2, 0.25) is 0 Å². The molecule has 0 aliphatic heterocycles. The number of nitrogens with two attached hydrogens (primary N) is 1. The molecule has 4 N–H and O–H groups in total. The largest absolute Gasteiger partial charge is 0.409 e. The van der Waals surface area contributed by atoms with Crippen molar-refractivity contribution in [2.75, 3.05) is 0 Å². The van der Waals surface area contributed by atoms with Gasteiger partial charge in [-0.2, -0.15) is 0 Å². The highest BCUT2D eigenvalue weighted by Crippen LogP contribution is 2.16. The van der Waals surface area contributed by atoms with Crippen molar-refractivity contribution in [3.63, 3.8) is 0 Å². The van der Waals surface area contributed by atoms with Gasteiger partial charge in [0.05, 0.1) is 0 Å².